The van der Waals surface area contributed by atoms with Crippen molar-refractivity contribution < 1.29 is 18.0 Å². The van der Waals surface area contributed by atoms with Crippen molar-refractivity contribution in [2.24, 2.45) is 4.99 Å². The number of aliphatic imine (C=N–C) groups is 1. The van der Waals surface area contributed by atoms with Crippen LogP contribution in [0.5, 0.6) is 0 Å². The van der Waals surface area contributed by atoms with Gasteiger partial charge in [-0.3, -0.25) is 0 Å². The van der Waals surface area contributed by atoms with E-state index in [4.69, 9.17) is 0 Å². The molecule has 0 aromatic heterocycles. The van der Waals surface area contributed by atoms with E-state index >= 15 is 0 Å². The van der Waals surface area contributed by atoms with E-state index in [1.54, 1.807) is 7.05 Å². The molecule has 0 atom stereocenters. The Bertz CT molecular complexity index is 540. The Morgan fingerprint density at radius 1 is 1.35 bits per heavy atom. The third kappa shape index (κ3) is 3.28. The van der Waals surface area contributed by atoms with Gasteiger partial charge in [-0.15, -0.1) is 0 Å². The van der Waals surface area contributed by atoms with Crippen LogP contribution < -0.4 is 5.32 Å². The van der Waals surface area contributed by atoms with Gasteiger partial charge >= 0.3 is 12.2 Å². The van der Waals surface area contributed by atoms with Crippen LogP contribution in [0.15, 0.2) is 29.3 Å². The lowest BCUT2D eigenvalue weighted by Gasteiger charge is -2.13. The summed E-state index contributed by atoms with van der Waals surface area (Å²) in [7, 11) is 1.79. The number of anilines is 1. The predicted molar refractivity (Wildman–Crippen MR) is 69.8 cm³/mol. The van der Waals surface area contributed by atoms with Crippen LogP contribution in [0.25, 0.3) is 0 Å². The van der Waals surface area contributed by atoms with Gasteiger partial charge in [0.15, 0.2) is 0 Å². The molecule has 0 saturated carbocycles. The summed E-state index contributed by atoms with van der Waals surface area (Å²) in [5.41, 5.74) is -1.16. The van der Waals surface area contributed by atoms with Crippen molar-refractivity contribution in [1.29, 1.82) is 0 Å². The van der Waals surface area contributed by atoms with Gasteiger partial charge in [-0.25, -0.2) is 4.79 Å². The zero-order chi connectivity index (χ0) is 14.8. The number of hydrogen-bond donors (Lipinski definition) is 1. The topological polar surface area (TPSA) is 44.7 Å². The third-order valence-electron chi connectivity index (χ3n) is 3.04. The molecular weight excluding hydrogens is 271 g/mol. The van der Waals surface area contributed by atoms with Gasteiger partial charge in [-0.1, -0.05) is 12.1 Å². The molecule has 0 spiro atoms. The van der Waals surface area contributed by atoms with Crippen LogP contribution >= 0.6 is 0 Å². The molecule has 1 aliphatic heterocycles. The quantitative estimate of drug-likeness (QED) is 0.860. The first-order valence-corrected chi connectivity index (χ1v) is 6.14. The molecule has 108 valence electrons. The van der Waals surface area contributed by atoms with E-state index in [0.29, 0.717) is 12.3 Å². The number of halogens is 3. The normalized spacial score (nSPS) is 17.6. The van der Waals surface area contributed by atoms with Gasteiger partial charge in [0.1, 0.15) is 5.84 Å². The number of para-hydroxylation sites is 1. The Morgan fingerprint density at radius 3 is 2.65 bits per heavy atom. The maximum atomic E-state index is 12.8. The van der Waals surface area contributed by atoms with E-state index in [9.17, 15) is 18.0 Å². The summed E-state index contributed by atoms with van der Waals surface area (Å²) in [5.74, 6) is 0.590. The largest absolute Gasteiger partial charge is 0.418 e. The molecule has 0 bridgehead atoms. The average Bonchev–Trinajstić information content (AvgIpc) is 2.74. The molecule has 20 heavy (non-hydrogen) atoms. The fourth-order valence-electron chi connectivity index (χ4n) is 2.04. The lowest BCUT2D eigenvalue weighted by atomic mass is 10.1. The van der Waals surface area contributed by atoms with Gasteiger partial charge in [0.05, 0.1) is 11.3 Å². The van der Waals surface area contributed by atoms with Crippen molar-refractivity contribution in [3.05, 3.63) is 29.8 Å². The van der Waals surface area contributed by atoms with Crippen molar-refractivity contribution in [3.63, 3.8) is 0 Å². The summed E-state index contributed by atoms with van der Waals surface area (Å²) < 4.78 is 38.3. The van der Waals surface area contributed by atoms with E-state index in [2.05, 4.69) is 10.3 Å². The monoisotopic (exact) mass is 285 g/mol. The SMILES string of the molecule is CN1CCC/C1=N\C(=O)Nc1ccccc1C(F)(F)F. The summed E-state index contributed by atoms with van der Waals surface area (Å²) in [6.07, 6.45) is -2.96. The standard InChI is InChI=1S/C13H14F3N3O/c1-19-8-4-7-11(19)18-12(20)17-10-6-3-2-5-9(10)13(14,15)16/h2-3,5-6H,4,7-8H2,1H3,(H,17,20)/b18-11+. The predicted octanol–water partition coefficient (Wildman–Crippen LogP) is 3.36. The fraction of sp³-hybridized carbons (Fsp3) is 0.385. The zero-order valence-electron chi connectivity index (χ0n) is 10.9. The van der Waals surface area contributed by atoms with Crippen LogP contribution in [0.4, 0.5) is 23.7 Å². The number of benzene rings is 1. The lowest BCUT2D eigenvalue weighted by molar-refractivity contribution is -0.136. The molecule has 2 rings (SSSR count). The van der Waals surface area contributed by atoms with Gasteiger partial charge in [0, 0.05) is 20.0 Å². The average molecular weight is 285 g/mol. The minimum absolute atomic E-state index is 0.282. The van der Waals surface area contributed by atoms with Gasteiger partial charge in [0.25, 0.3) is 0 Å². The smallest absolute Gasteiger partial charge is 0.363 e. The second-order valence-electron chi connectivity index (χ2n) is 4.53. The molecule has 0 unspecified atom stereocenters. The molecule has 0 radical (unpaired) electrons. The van der Waals surface area contributed by atoms with Crippen LogP contribution in [-0.2, 0) is 6.18 Å². The summed E-state index contributed by atoms with van der Waals surface area (Å²) in [4.78, 5) is 17.3. The summed E-state index contributed by atoms with van der Waals surface area (Å²) in [6.45, 7) is 0.797. The second-order valence-corrected chi connectivity index (χ2v) is 4.53. The van der Waals surface area contributed by atoms with E-state index in [1.807, 2.05) is 4.90 Å². The number of nitrogens with one attached hydrogen (secondary N) is 1. The molecule has 1 heterocycles. The minimum atomic E-state index is -4.51. The van der Waals surface area contributed by atoms with Crippen LogP contribution in [0.2, 0.25) is 0 Å². The molecule has 1 N–H and O–H groups in total. The first-order valence-electron chi connectivity index (χ1n) is 6.14. The van der Waals surface area contributed by atoms with E-state index in [0.717, 1.165) is 19.0 Å². The Kier molecular flexibility index (Phi) is 3.96. The van der Waals surface area contributed by atoms with Gasteiger partial charge in [-0.05, 0) is 18.6 Å². The van der Waals surface area contributed by atoms with Gasteiger partial charge in [-0.2, -0.15) is 18.2 Å². The fourth-order valence-corrected chi connectivity index (χ4v) is 2.04. The molecule has 4 nitrogen and oxygen atoms in total. The first-order chi connectivity index (χ1) is 9.38. The number of amidine groups is 1. The van der Waals surface area contributed by atoms with Crippen LogP contribution in [0, 0.1) is 0 Å². The number of carbonyl (C=O) groups excluding carboxylic acids is 1. The number of alkyl halides is 3. The highest BCUT2D eigenvalue weighted by Gasteiger charge is 2.33. The number of hydrogen-bond acceptors (Lipinski definition) is 1. The summed E-state index contributed by atoms with van der Waals surface area (Å²) >= 11 is 0. The highest BCUT2D eigenvalue weighted by atomic mass is 19.4. The van der Waals surface area contributed by atoms with Gasteiger partial charge < -0.3 is 10.2 Å². The lowest BCUT2D eigenvalue weighted by Crippen LogP contribution is -2.22. The summed E-state index contributed by atoms with van der Waals surface area (Å²) in [5, 5.41) is 2.19. The molecule has 7 heteroatoms. The number of carbonyl (C=O) groups is 1. The van der Waals surface area contributed by atoms with Crippen molar-refractivity contribution in [3.8, 4) is 0 Å². The molecule has 0 aliphatic carbocycles. The third-order valence-corrected chi connectivity index (χ3v) is 3.04. The zero-order valence-corrected chi connectivity index (χ0v) is 10.9. The number of nitrogens with zero attached hydrogens (tertiary/aromatic N) is 2. The molecule has 1 aromatic carbocycles. The van der Waals surface area contributed by atoms with E-state index < -0.39 is 17.8 Å². The number of amides is 2. The van der Waals surface area contributed by atoms with Crippen molar-refractivity contribution in [2.45, 2.75) is 19.0 Å². The number of likely N-dealkylation sites (tertiary alicyclic amines) is 1. The van der Waals surface area contributed by atoms with Crippen molar-refractivity contribution in [2.75, 3.05) is 18.9 Å². The summed E-state index contributed by atoms with van der Waals surface area (Å²) in [6, 6.07) is 4.05. The van der Waals surface area contributed by atoms with Crippen molar-refractivity contribution in [1.82, 2.24) is 4.90 Å². The van der Waals surface area contributed by atoms with Crippen LogP contribution in [0.1, 0.15) is 18.4 Å². The highest BCUT2D eigenvalue weighted by molar-refractivity contribution is 6.00. The second kappa shape index (κ2) is 5.52. The minimum Gasteiger partial charge on any atom is -0.363 e. The molecule has 1 aliphatic rings. The maximum absolute atomic E-state index is 12.8. The van der Waals surface area contributed by atoms with Crippen molar-refractivity contribution >= 4 is 17.6 Å². The highest BCUT2D eigenvalue weighted by Crippen LogP contribution is 2.34. The molecule has 1 fully saturated rings. The Labute approximate surface area is 114 Å². The van der Waals surface area contributed by atoms with Crippen LogP contribution in [-0.4, -0.2) is 30.4 Å². The molecule has 1 aromatic rings. The van der Waals surface area contributed by atoms with Crippen LogP contribution in [0.3, 0.4) is 0 Å². The molecular formula is C13H14F3N3O. The first kappa shape index (κ1) is 14.4. The number of rotatable bonds is 1. The maximum Gasteiger partial charge on any atom is 0.418 e. The Balaban J connectivity index is 2.16. The van der Waals surface area contributed by atoms with E-state index in [-0.39, 0.29) is 5.69 Å². The van der Waals surface area contributed by atoms with Gasteiger partial charge in [0.2, 0.25) is 0 Å². The number of urea groups is 1. The molecule has 2 amide bonds. The Hall–Kier alpha value is -2.05. The van der Waals surface area contributed by atoms with E-state index in [1.165, 1.54) is 18.2 Å². The Morgan fingerprint density at radius 2 is 2.05 bits per heavy atom. The molecule has 1 saturated heterocycles.